The van der Waals surface area contributed by atoms with Crippen molar-refractivity contribution >= 4 is 44.9 Å². The fraction of sp³-hybridized carbons (Fsp3) is 0.200. The van der Waals surface area contributed by atoms with Gasteiger partial charge in [0.15, 0.2) is 0 Å². The van der Waals surface area contributed by atoms with Gasteiger partial charge in [0, 0.05) is 0 Å². The summed E-state index contributed by atoms with van der Waals surface area (Å²) in [6, 6.07) is 17.0. The molecule has 0 spiro atoms. The van der Waals surface area contributed by atoms with Gasteiger partial charge >= 0.3 is 5.97 Å². The number of methoxy groups -OCH3 is 1. The number of carbonyl (C=O) groups is 2. The number of hydrogen-bond acceptors (Lipinski definition) is 6. The molecule has 0 saturated heterocycles. The van der Waals surface area contributed by atoms with Crippen LogP contribution in [0.4, 0.5) is 11.4 Å². The molecule has 0 bridgehead atoms. The number of esters is 1. The Morgan fingerprint density at radius 3 is 2.23 bits per heavy atom. The zero-order valence-electron chi connectivity index (χ0n) is 19.4. The molecule has 8 nitrogen and oxygen atoms in total. The van der Waals surface area contributed by atoms with Crippen molar-refractivity contribution in [2.24, 2.45) is 0 Å². The van der Waals surface area contributed by atoms with Gasteiger partial charge < -0.3 is 14.8 Å². The number of hydrogen-bond donors (Lipinski definition) is 1. The summed E-state index contributed by atoms with van der Waals surface area (Å²) < 4.78 is 38.0. The summed E-state index contributed by atoms with van der Waals surface area (Å²) in [4.78, 5) is 24.8. The lowest BCUT2D eigenvalue weighted by Gasteiger charge is -2.24. The average molecular weight is 517 g/mol. The summed E-state index contributed by atoms with van der Waals surface area (Å²) >= 11 is 6.24. The van der Waals surface area contributed by atoms with Crippen LogP contribution in [-0.4, -0.2) is 40.6 Å². The number of anilines is 2. The third-order valence-electron chi connectivity index (χ3n) is 5.01. The molecule has 10 heteroatoms. The third kappa shape index (κ3) is 6.32. The number of sulfonamides is 1. The van der Waals surface area contributed by atoms with E-state index >= 15 is 0 Å². The number of nitrogens with one attached hydrogen (secondary N) is 1. The minimum Gasteiger partial charge on any atom is -0.497 e. The smallest absolute Gasteiger partial charge is 0.338 e. The van der Waals surface area contributed by atoms with E-state index in [0.717, 1.165) is 9.87 Å². The van der Waals surface area contributed by atoms with E-state index < -0.39 is 28.4 Å². The number of benzene rings is 3. The van der Waals surface area contributed by atoms with E-state index in [1.807, 2.05) is 6.92 Å². The van der Waals surface area contributed by atoms with Gasteiger partial charge in [-0.05, 0) is 68.4 Å². The molecule has 1 N–H and O–H groups in total. The molecular formula is C25H25ClN2O6S. The van der Waals surface area contributed by atoms with Crippen LogP contribution in [0.5, 0.6) is 5.75 Å². The normalized spacial score (nSPS) is 11.0. The zero-order chi connectivity index (χ0) is 25.6. The first-order valence-corrected chi connectivity index (χ1v) is 12.5. The lowest BCUT2D eigenvalue weighted by molar-refractivity contribution is -0.114. The summed E-state index contributed by atoms with van der Waals surface area (Å²) in [6.45, 7) is 3.27. The molecule has 3 aromatic rings. The maximum absolute atomic E-state index is 13.5. The minimum absolute atomic E-state index is 0.00324. The van der Waals surface area contributed by atoms with Crippen molar-refractivity contribution in [2.75, 3.05) is 29.9 Å². The minimum atomic E-state index is -4.09. The van der Waals surface area contributed by atoms with Crippen LogP contribution in [0.1, 0.15) is 22.8 Å². The summed E-state index contributed by atoms with van der Waals surface area (Å²) in [7, 11) is -2.61. The lowest BCUT2D eigenvalue weighted by atomic mass is 10.2. The Balaban J connectivity index is 1.88. The first kappa shape index (κ1) is 26.1. The summed E-state index contributed by atoms with van der Waals surface area (Å²) in [5.74, 6) is -0.652. The molecule has 0 fully saturated rings. The number of rotatable bonds is 9. The van der Waals surface area contributed by atoms with Crippen molar-refractivity contribution in [1.82, 2.24) is 0 Å². The van der Waals surface area contributed by atoms with Crippen molar-refractivity contribution in [3.63, 3.8) is 0 Å². The molecule has 0 aliphatic heterocycles. The zero-order valence-corrected chi connectivity index (χ0v) is 21.0. The van der Waals surface area contributed by atoms with E-state index in [9.17, 15) is 18.0 Å². The van der Waals surface area contributed by atoms with Gasteiger partial charge in [0.1, 0.15) is 12.3 Å². The maximum Gasteiger partial charge on any atom is 0.338 e. The van der Waals surface area contributed by atoms with Gasteiger partial charge in [-0.25, -0.2) is 13.2 Å². The molecular weight excluding hydrogens is 492 g/mol. The number of nitrogens with zero attached hydrogens (tertiary/aromatic N) is 1. The highest BCUT2D eigenvalue weighted by molar-refractivity contribution is 7.92. The summed E-state index contributed by atoms with van der Waals surface area (Å²) in [5.41, 5.74) is 1.73. The summed E-state index contributed by atoms with van der Waals surface area (Å²) in [6.07, 6.45) is 0. The quantitative estimate of drug-likeness (QED) is 0.415. The van der Waals surface area contributed by atoms with Crippen LogP contribution in [0.25, 0.3) is 0 Å². The van der Waals surface area contributed by atoms with E-state index in [1.165, 1.54) is 49.6 Å². The molecule has 35 heavy (non-hydrogen) atoms. The van der Waals surface area contributed by atoms with Gasteiger partial charge in [0.05, 0.1) is 40.6 Å². The fourth-order valence-corrected chi connectivity index (χ4v) is 4.83. The Morgan fingerprint density at radius 2 is 1.66 bits per heavy atom. The number of ether oxygens (including phenoxy) is 2. The van der Waals surface area contributed by atoms with Gasteiger partial charge in [-0.1, -0.05) is 29.3 Å². The van der Waals surface area contributed by atoms with E-state index in [2.05, 4.69) is 5.32 Å². The standard InChI is InChI=1S/C25H25ClN2O6S/c1-4-34-25(30)18-7-14-23(22(26)15-18)27-24(29)16-28(19-8-5-17(2)6-9-19)35(31,32)21-12-10-20(33-3)11-13-21/h5-15H,4,16H2,1-3H3,(H,27,29). The SMILES string of the molecule is CCOC(=O)c1ccc(NC(=O)CN(c2ccc(C)cc2)S(=O)(=O)c2ccc(OC)cc2)c(Cl)c1. The van der Waals surface area contributed by atoms with E-state index in [4.69, 9.17) is 21.1 Å². The highest BCUT2D eigenvalue weighted by atomic mass is 35.5. The summed E-state index contributed by atoms with van der Waals surface area (Å²) in [5, 5.41) is 2.73. The molecule has 0 aromatic heterocycles. The first-order valence-electron chi connectivity index (χ1n) is 10.7. The second-order valence-corrected chi connectivity index (χ2v) is 9.76. The Labute approximate surface area is 209 Å². The predicted molar refractivity (Wildman–Crippen MR) is 135 cm³/mol. The van der Waals surface area contributed by atoms with Crippen LogP contribution in [0.2, 0.25) is 5.02 Å². The van der Waals surface area contributed by atoms with Crippen LogP contribution in [-0.2, 0) is 19.6 Å². The van der Waals surface area contributed by atoms with E-state index in [0.29, 0.717) is 11.4 Å². The number of carbonyl (C=O) groups excluding carboxylic acids is 2. The third-order valence-corrected chi connectivity index (χ3v) is 7.11. The molecule has 0 aliphatic rings. The Morgan fingerprint density at radius 1 is 1.00 bits per heavy atom. The van der Waals surface area contributed by atoms with Gasteiger partial charge in [-0.3, -0.25) is 9.10 Å². The van der Waals surface area contributed by atoms with Crippen LogP contribution in [0, 0.1) is 6.92 Å². The van der Waals surface area contributed by atoms with E-state index in [1.54, 1.807) is 31.2 Å². The van der Waals surface area contributed by atoms with Gasteiger partial charge in [0.25, 0.3) is 10.0 Å². The molecule has 3 rings (SSSR count). The molecule has 184 valence electrons. The molecule has 1 amide bonds. The Hall–Kier alpha value is -3.56. The van der Waals surface area contributed by atoms with Crippen LogP contribution >= 0.6 is 11.6 Å². The van der Waals surface area contributed by atoms with Gasteiger partial charge in [0.2, 0.25) is 5.91 Å². The maximum atomic E-state index is 13.5. The van der Waals surface area contributed by atoms with Crippen LogP contribution in [0.3, 0.4) is 0 Å². The van der Waals surface area contributed by atoms with Crippen molar-refractivity contribution < 1.29 is 27.5 Å². The predicted octanol–water partition coefficient (Wildman–Crippen LogP) is 4.67. The average Bonchev–Trinajstić information content (AvgIpc) is 2.84. The highest BCUT2D eigenvalue weighted by Gasteiger charge is 2.27. The number of amides is 1. The molecule has 0 aliphatic carbocycles. The van der Waals surface area contributed by atoms with Gasteiger partial charge in [-0.2, -0.15) is 0 Å². The lowest BCUT2D eigenvalue weighted by Crippen LogP contribution is -2.38. The van der Waals surface area contributed by atoms with E-state index in [-0.39, 0.29) is 27.8 Å². The molecule has 0 saturated carbocycles. The topological polar surface area (TPSA) is 102 Å². The van der Waals surface area contributed by atoms with Crippen LogP contribution < -0.4 is 14.4 Å². The molecule has 0 atom stereocenters. The van der Waals surface area contributed by atoms with Crippen LogP contribution in [0.15, 0.2) is 71.6 Å². The molecule has 0 radical (unpaired) electrons. The van der Waals surface area contributed by atoms with Gasteiger partial charge in [-0.15, -0.1) is 0 Å². The second kappa shape index (κ2) is 11.2. The first-order chi connectivity index (χ1) is 16.6. The Bertz CT molecular complexity index is 1310. The Kier molecular flexibility index (Phi) is 8.37. The van der Waals surface area contributed by atoms with Crippen molar-refractivity contribution in [1.29, 1.82) is 0 Å². The van der Waals surface area contributed by atoms with Crippen molar-refractivity contribution in [3.8, 4) is 5.75 Å². The number of aryl methyl sites for hydroxylation is 1. The highest BCUT2D eigenvalue weighted by Crippen LogP contribution is 2.27. The monoisotopic (exact) mass is 516 g/mol. The second-order valence-electron chi connectivity index (χ2n) is 7.49. The number of halogens is 1. The van der Waals surface area contributed by atoms with Crippen molar-refractivity contribution in [2.45, 2.75) is 18.7 Å². The molecule has 3 aromatic carbocycles. The largest absolute Gasteiger partial charge is 0.497 e. The molecule has 0 unspecified atom stereocenters. The fourth-order valence-electron chi connectivity index (χ4n) is 3.18. The van der Waals surface area contributed by atoms with Crippen molar-refractivity contribution in [3.05, 3.63) is 82.9 Å². The molecule has 0 heterocycles.